The van der Waals surface area contributed by atoms with E-state index in [-0.39, 0.29) is 25.7 Å². The molecule has 8 heteroatoms. The van der Waals surface area contributed by atoms with E-state index in [0.717, 1.165) is 16.7 Å². The van der Waals surface area contributed by atoms with E-state index in [1.165, 1.54) is 11.1 Å². The van der Waals surface area contributed by atoms with Crippen molar-refractivity contribution in [3.05, 3.63) is 94.7 Å². The van der Waals surface area contributed by atoms with Crippen molar-refractivity contribution in [2.24, 2.45) is 0 Å². The molecule has 1 aliphatic carbocycles. The average molecular weight is 512 g/mol. The lowest BCUT2D eigenvalue weighted by molar-refractivity contribution is 0.00578. The summed E-state index contributed by atoms with van der Waals surface area (Å²) in [7, 11) is -0.660. The Labute approximate surface area is 224 Å². The van der Waals surface area contributed by atoms with Crippen LogP contribution < -0.4 is 5.32 Å². The second-order valence-electron chi connectivity index (χ2n) is 10.8. The van der Waals surface area contributed by atoms with Crippen LogP contribution in [-0.2, 0) is 20.7 Å². The van der Waals surface area contributed by atoms with E-state index >= 15 is 0 Å². The average Bonchev–Trinajstić information content (AvgIpc) is 3.34. The van der Waals surface area contributed by atoms with Gasteiger partial charge in [-0.1, -0.05) is 54.6 Å². The van der Waals surface area contributed by atoms with Gasteiger partial charge >= 0.3 is 13.2 Å². The molecule has 0 spiro atoms. The first-order chi connectivity index (χ1) is 18.2. The summed E-state index contributed by atoms with van der Waals surface area (Å²) in [5, 5.41) is 12.4. The predicted octanol–water partition coefficient (Wildman–Crippen LogP) is 5.13. The van der Waals surface area contributed by atoms with Crippen LogP contribution in [0.25, 0.3) is 17.2 Å². The third-order valence-corrected chi connectivity index (χ3v) is 7.69. The van der Waals surface area contributed by atoms with Crippen molar-refractivity contribution in [1.82, 2.24) is 10.3 Å². The summed E-state index contributed by atoms with van der Waals surface area (Å²) in [6.07, 6.45) is 4.66. The number of rotatable bonds is 7. The number of fused-ring (bicyclic) bond motifs is 3. The Morgan fingerprint density at radius 2 is 1.63 bits per heavy atom. The highest BCUT2D eigenvalue weighted by atomic mass is 16.7. The van der Waals surface area contributed by atoms with E-state index in [4.69, 9.17) is 14.0 Å². The molecule has 0 unspecified atom stereocenters. The van der Waals surface area contributed by atoms with Crippen LogP contribution >= 0.6 is 0 Å². The number of benzene rings is 2. The van der Waals surface area contributed by atoms with Gasteiger partial charge in [0.15, 0.2) is 0 Å². The molecule has 0 bridgehead atoms. The number of hydrogen-bond donors (Lipinski definition) is 2. The second-order valence-corrected chi connectivity index (χ2v) is 10.8. The van der Waals surface area contributed by atoms with Crippen LogP contribution in [0.15, 0.2) is 72.5 Å². The zero-order chi connectivity index (χ0) is 26.9. The number of carbonyl (C=O) groups excluding carboxylic acids is 1. The molecule has 2 aromatic carbocycles. The number of aliphatic hydroxyl groups is 1. The zero-order valence-electron chi connectivity index (χ0n) is 22.2. The molecule has 1 aromatic heterocycles. The van der Waals surface area contributed by atoms with Crippen molar-refractivity contribution >= 4 is 19.3 Å². The molecule has 196 valence electrons. The molecule has 0 radical (unpaired) electrons. The molecule has 5 rings (SSSR count). The molecular formula is C30H33BN2O5. The molecule has 2 aliphatic rings. The summed E-state index contributed by atoms with van der Waals surface area (Å²) < 4.78 is 18.2. The minimum Gasteiger partial charge on any atom is -0.449 e. The standard InChI is InChI=1S/C30H33BN2O5/c1-29(2)30(3,4)38-31(37-29)22(14-20-13-21(18-34)16-32-15-20)17-33-28(35)36-19-27-25-11-7-5-9-23(25)24-10-6-8-12-26(24)27/h5-16,27,34H,17-19H2,1-4H3,(H,33,35). The number of aliphatic hydroxyl groups excluding tert-OH is 1. The summed E-state index contributed by atoms with van der Waals surface area (Å²) in [5.74, 6) is -0.0152. The number of pyridine rings is 1. The second kappa shape index (κ2) is 10.4. The van der Waals surface area contributed by atoms with Gasteiger partial charge in [-0.15, -0.1) is 0 Å². The number of ether oxygens (including phenoxy) is 1. The maximum Gasteiger partial charge on any atom is 0.492 e. The van der Waals surface area contributed by atoms with Crippen LogP contribution in [0.4, 0.5) is 4.79 Å². The van der Waals surface area contributed by atoms with Crippen molar-refractivity contribution in [3.8, 4) is 11.1 Å². The fourth-order valence-electron chi connectivity index (χ4n) is 4.91. The van der Waals surface area contributed by atoms with Gasteiger partial charge < -0.3 is 24.5 Å². The fourth-order valence-corrected chi connectivity index (χ4v) is 4.91. The molecule has 7 nitrogen and oxygen atoms in total. The van der Waals surface area contributed by atoms with Crippen LogP contribution in [0.2, 0.25) is 0 Å². The highest BCUT2D eigenvalue weighted by Gasteiger charge is 2.52. The Hall–Kier alpha value is -3.46. The Morgan fingerprint density at radius 3 is 2.24 bits per heavy atom. The van der Waals surface area contributed by atoms with Gasteiger partial charge in [-0.3, -0.25) is 4.98 Å². The lowest BCUT2D eigenvalue weighted by atomic mass is 9.77. The number of nitrogens with one attached hydrogen (secondary N) is 1. The zero-order valence-corrected chi connectivity index (χ0v) is 22.2. The van der Waals surface area contributed by atoms with Crippen molar-refractivity contribution in [1.29, 1.82) is 0 Å². The van der Waals surface area contributed by atoms with Gasteiger partial charge in [0.2, 0.25) is 0 Å². The molecule has 1 amide bonds. The van der Waals surface area contributed by atoms with Crippen molar-refractivity contribution in [2.45, 2.75) is 51.4 Å². The summed E-state index contributed by atoms with van der Waals surface area (Å²) in [6, 6.07) is 18.3. The van der Waals surface area contributed by atoms with Crippen molar-refractivity contribution < 1.29 is 23.9 Å². The van der Waals surface area contributed by atoms with Gasteiger partial charge in [0, 0.05) is 24.9 Å². The van der Waals surface area contributed by atoms with Crippen LogP contribution in [0, 0.1) is 0 Å². The van der Waals surface area contributed by atoms with Gasteiger partial charge in [0.1, 0.15) is 6.61 Å². The van der Waals surface area contributed by atoms with E-state index in [1.54, 1.807) is 12.4 Å². The first-order valence-corrected chi connectivity index (χ1v) is 12.9. The highest BCUT2D eigenvalue weighted by molar-refractivity contribution is 6.56. The number of amides is 1. The van der Waals surface area contributed by atoms with Gasteiger partial charge in [-0.25, -0.2) is 4.79 Å². The molecular weight excluding hydrogens is 479 g/mol. The van der Waals surface area contributed by atoms with Gasteiger partial charge in [0.05, 0.1) is 17.8 Å². The fraction of sp³-hybridized carbons (Fsp3) is 0.333. The first kappa shape index (κ1) is 26.2. The molecule has 38 heavy (non-hydrogen) atoms. The van der Waals surface area contributed by atoms with E-state index in [0.29, 0.717) is 11.0 Å². The summed E-state index contributed by atoms with van der Waals surface area (Å²) in [6.45, 7) is 8.22. The molecule has 1 fully saturated rings. The van der Waals surface area contributed by atoms with Gasteiger partial charge in [0.25, 0.3) is 0 Å². The number of carbonyl (C=O) groups is 1. The van der Waals surface area contributed by atoms with Crippen molar-refractivity contribution in [2.75, 3.05) is 13.2 Å². The molecule has 2 N–H and O–H groups in total. The first-order valence-electron chi connectivity index (χ1n) is 12.9. The van der Waals surface area contributed by atoms with Crippen molar-refractivity contribution in [3.63, 3.8) is 0 Å². The lowest BCUT2D eigenvalue weighted by Crippen LogP contribution is -2.41. The molecule has 0 atom stereocenters. The molecule has 1 aliphatic heterocycles. The smallest absolute Gasteiger partial charge is 0.449 e. The molecule has 2 heterocycles. The van der Waals surface area contributed by atoms with E-state index in [1.807, 2.05) is 64.1 Å². The summed E-state index contributed by atoms with van der Waals surface area (Å²) >= 11 is 0. The normalized spacial score (nSPS) is 17.7. The van der Waals surface area contributed by atoms with Crippen LogP contribution in [-0.4, -0.2) is 47.7 Å². The molecule has 3 aromatic rings. The van der Waals surface area contributed by atoms with Crippen LogP contribution in [0.1, 0.15) is 55.9 Å². The summed E-state index contributed by atoms with van der Waals surface area (Å²) in [4.78, 5) is 17.1. The SMILES string of the molecule is CC1(C)OB(C(=Cc2cncc(CO)c2)CNC(=O)OCC2c3ccccc3-c3ccccc32)OC1(C)C. The maximum absolute atomic E-state index is 12.9. The van der Waals surface area contributed by atoms with Gasteiger partial charge in [-0.05, 0) is 72.6 Å². The third-order valence-electron chi connectivity index (χ3n) is 7.69. The highest BCUT2D eigenvalue weighted by Crippen LogP contribution is 2.44. The van der Waals surface area contributed by atoms with E-state index in [2.05, 4.69) is 34.6 Å². The Morgan fingerprint density at radius 1 is 1.03 bits per heavy atom. The number of aromatic nitrogens is 1. The minimum absolute atomic E-state index is 0.0152. The Kier molecular flexibility index (Phi) is 7.14. The minimum atomic E-state index is -0.660. The largest absolute Gasteiger partial charge is 0.492 e. The quantitative estimate of drug-likeness (QED) is 0.427. The summed E-state index contributed by atoms with van der Waals surface area (Å²) in [5.41, 5.74) is 5.80. The van der Waals surface area contributed by atoms with E-state index < -0.39 is 24.4 Å². The molecule has 1 saturated heterocycles. The number of hydrogen-bond acceptors (Lipinski definition) is 6. The van der Waals surface area contributed by atoms with Crippen LogP contribution in [0.3, 0.4) is 0 Å². The third kappa shape index (κ3) is 5.12. The predicted molar refractivity (Wildman–Crippen MR) is 147 cm³/mol. The number of alkyl carbamates (subject to hydrolysis) is 1. The Bertz CT molecular complexity index is 1310. The van der Waals surface area contributed by atoms with Crippen LogP contribution in [0.5, 0.6) is 0 Å². The lowest BCUT2D eigenvalue weighted by Gasteiger charge is -2.32. The number of nitrogens with zero attached hydrogens (tertiary/aromatic N) is 1. The van der Waals surface area contributed by atoms with E-state index in [9.17, 15) is 9.90 Å². The molecule has 0 saturated carbocycles. The monoisotopic (exact) mass is 512 g/mol. The van der Waals surface area contributed by atoms with Gasteiger partial charge in [-0.2, -0.15) is 0 Å². The topological polar surface area (TPSA) is 89.9 Å². The Balaban J connectivity index is 1.30. The maximum atomic E-state index is 12.9.